The fraction of sp³-hybridized carbons (Fsp3) is 0.353. The van der Waals surface area contributed by atoms with Crippen molar-refractivity contribution in [3.8, 4) is 11.1 Å². The number of nitrogens with zero attached hydrogens (tertiary/aromatic N) is 3. The van der Waals surface area contributed by atoms with E-state index in [0.29, 0.717) is 6.04 Å². The monoisotopic (exact) mass is 355 g/mol. The summed E-state index contributed by atoms with van der Waals surface area (Å²) in [7, 11) is 0. The Hall–Kier alpha value is -1.36. The standard InChI is InChI=1S/C17H18FN3.2ClH/c18-15-3-1-13(2-4-15)14-9-17(11-19-10-14)21-8-7-20-6-5-16(21)12-20;;/h1-4,9-11,16H,5-8,12H2;2*1H. The minimum atomic E-state index is -0.204. The van der Waals surface area contributed by atoms with Gasteiger partial charge in [0.05, 0.1) is 11.9 Å². The molecule has 0 saturated carbocycles. The third-order valence-electron chi connectivity index (χ3n) is 4.58. The molecule has 0 radical (unpaired) electrons. The van der Waals surface area contributed by atoms with Crippen molar-refractivity contribution in [2.45, 2.75) is 12.5 Å². The molecule has 23 heavy (non-hydrogen) atoms. The lowest BCUT2D eigenvalue weighted by atomic mass is 10.1. The van der Waals surface area contributed by atoms with Crippen LogP contribution in [0.2, 0.25) is 0 Å². The maximum atomic E-state index is 13.0. The van der Waals surface area contributed by atoms with Crippen LogP contribution in [-0.4, -0.2) is 42.1 Å². The van der Waals surface area contributed by atoms with Crippen molar-refractivity contribution in [3.63, 3.8) is 0 Å². The van der Waals surface area contributed by atoms with Gasteiger partial charge in [0, 0.05) is 44.0 Å². The summed E-state index contributed by atoms with van der Waals surface area (Å²) in [5, 5.41) is 0. The molecule has 3 nitrogen and oxygen atoms in total. The number of halogens is 3. The minimum Gasteiger partial charge on any atom is -0.365 e. The average molecular weight is 356 g/mol. The molecule has 2 atom stereocenters. The summed E-state index contributed by atoms with van der Waals surface area (Å²) in [6, 6.07) is 9.40. The Balaban J connectivity index is 0.000000960. The van der Waals surface area contributed by atoms with Crippen LogP contribution in [0.5, 0.6) is 0 Å². The van der Waals surface area contributed by atoms with Crippen LogP contribution in [0.25, 0.3) is 11.1 Å². The molecule has 4 rings (SSSR count). The van der Waals surface area contributed by atoms with Crippen LogP contribution in [0.3, 0.4) is 0 Å². The fourth-order valence-corrected chi connectivity index (χ4v) is 3.43. The Morgan fingerprint density at radius 1 is 0.957 bits per heavy atom. The van der Waals surface area contributed by atoms with E-state index in [1.807, 2.05) is 24.5 Å². The van der Waals surface area contributed by atoms with E-state index < -0.39 is 0 Å². The maximum absolute atomic E-state index is 13.0. The molecule has 1 aromatic heterocycles. The summed E-state index contributed by atoms with van der Waals surface area (Å²) in [5.74, 6) is -0.204. The van der Waals surface area contributed by atoms with Crippen molar-refractivity contribution in [2.75, 3.05) is 31.1 Å². The number of benzene rings is 1. The van der Waals surface area contributed by atoms with E-state index in [2.05, 4.69) is 20.9 Å². The second-order valence-electron chi connectivity index (χ2n) is 5.88. The van der Waals surface area contributed by atoms with Crippen LogP contribution in [0, 0.1) is 5.82 Å². The van der Waals surface area contributed by atoms with E-state index in [1.54, 1.807) is 0 Å². The van der Waals surface area contributed by atoms with Crippen molar-refractivity contribution in [3.05, 3.63) is 48.5 Å². The first-order valence-electron chi connectivity index (χ1n) is 7.49. The van der Waals surface area contributed by atoms with Crippen molar-refractivity contribution < 1.29 is 4.39 Å². The molecule has 124 valence electrons. The summed E-state index contributed by atoms with van der Waals surface area (Å²) in [5.41, 5.74) is 3.24. The van der Waals surface area contributed by atoms with Gasteiger partial charge in [0.25, 0.3) is 0 Å². The van der Waals surface area contributed by atoms with Gasteiger partial charge in [-0.3, -0.25) is 9.88 Å². The lowest BCUT2D eigenvalue weighted by Crippen LogP contribution is -2.46. The highest BCUT2D eigenvalue weighted by molar-refractivity contribution is 5.85. The van der Waals surface area contributed by atoms with E-state index in [-0.39, 0.29) is 30.6 Å². The topological polar surface area (TPSA) is 19.4 Å². The minimum absolute atomic E-state index is 0. The van der Waals surface area contributed by atoms with E-state index in [1.165, 1.54) is 37.3 Å². The second-order valence-corrected chi connectivity index (χ2v) is 5.88. The lowest BCUT2D eigenvalue weighted by Gasteiger charge is -2.36. The Labute approximate surface area is 148 Å². The Kier molecular flexibility index (Phi) is 5.84. The van der Waals surface area contributed by atoms with Crippen LogP contribution in [0.1, 0.15) is 6.42 Å². The molecule has 2 aliphatic heterocycles. The molecular formula is C17H20Cl2FN3. The van der Waals surface area contributed by atoms with Crippen LogP contribution >= 0.6 is 24.8 Å². The fourth-order valence-electron chi connectivity index (χ4n) is 3.43. The quantitative estimate of drug-likeness (QED) is 0.819. The molecule has 0 N–H and O–H groups in total. The van der Waals surface area contributed by atoms with Crippen molar-refractivity contribution in [1.29, 1.82) is 0 Å². The van der Waals surface area contributed by atoms with Crippen LogP contribution in [-0.2, 0) is 0 Å². The number of hydrogen-bond acceptors (Lipinski definition) is 3. The van der Waals surface area contributed by atoms with Crippen molar-refractivity contribution >= 4 is 30.5 Å². The van der Waals surface area contributed by atoms with Crippen LogP contribution < -0.4 is 4.90 Å². The van der Waals surface area contributed by atoms with Crippen molar-refractivity contribution in [2.24, 2.45) is 0 Å². The summed E-state index contributed by atoms with van der Waals surface area (Å²) < 4.78 is 13.0. The first kappa shape index (κ1) is 18.0. The number of rotatable bonds is 2. The van der Waals surface area contributed by atoms with Crippen molar-refractivity contribution in [1.82, 2.24) is 9.88 Å². The molecular weight excluding hydrogens is 336 g/mol. The van der Waals surface area contributed by atoms with E-state index in [4.69, 9.17) is 0 Å². The number of piperazine rings is 1. The molecule has 2 aromatic rings. The SMILES string of the molecule is Cl.Cl.Fc1ccc(-c2cncc(N3CCN4CCC3C4)c2)cc1. The second kappa shape index (κ2) is 7.47. The summed E-state index contributed by atoms with van der Waals surface area (Å²) in [6.45, 7) is 4.59. The molecule has 2 bridgehead atoms. The first-order valence-corrected chi connectivity index (χ1v) is 7.49. The molecule has 0 spiro atoms. The zero-order valence-electron chi connectivity index (χ0n) is 12.7. The highest BCUT2D eigenvalue weighted by Crippen LogP contribution is 2.29. The summed E-state index contributed by atoms with van der Waals surface area (Å²) in [6.07, 6.45) is 5.03. The van der Waals surface area contributed by atoms with Gasteiger partial charge in [-0.05, 0) is 30.2 Å². The van der Waals surface area contributed by atoms with Gasteiger partial charge in [0.2, 0.25) is 0 Å². The number of aromatic nitrogens is 1. The number of hydrogen-bond donors (Lipinski definition) is 0. The zero-order chi connectivity index (χ0) is 14.2. The van der Waals surface area contributed by atoms with Gasteiger partial charge in [0.1, 0.15) is 5.82 Å². The Bertz CT molecular complexity index is 651. The third-order valence-corrected chi connectivity index (χ3v) is 4.58. The van der Waals surface area contributed by atoms with Gasteiger partial charge in [-0.1, -0.05) is 12.1 Å². The Morgan fingerprint density at radius 2 is 1.74 bits per heavy atom. The highest BCUT2D eigenvalue weighted by atomic mass is 35.5. The molecule has 1 aromatic carbocycles. The first-order chi connectivity index (χ1) is 10.3. The molecule has 2 fully saturated rings. The predicted molar refractivity (Wildman–Crippen MR) is 96.3 cm³/mol. The summed E-state index contributed by atoms with van der Waals surface area (Å²) >= 11 is 0. The molecule has 2 saturated heterocycles. The molecule has 0 aliphatic carbocycles. The van der Waals surface area contributed by atoms with Crippen LogP contribution in [0.4, 0.5) is 10.1 Å². The zero-order valence-corrected chi connectivity index (χ0v) is 14.3. The molecule has 6 heteroatoms. The highest BCUT2D eigenvalue weighted by Gasteiger charge is 2.32. The lowest BCUT2D eigenvalue weighted by molar-refractivity contribution is 0.310. The third kappa shape index (κ3) is 3.60. The normalized spacial score (nSPS) is 22.2. The van der Waals surface area contributed by atoms with E-state index >= 15 is 0 Å². The van der Waals surface area contributed by atoms with Crippen LogP contribution in [0.15, 0.2) is 42.7 Å². The van der Waals surface area contributed by atoms with Gasteiger partial charge < -0.3 is 4.90 Å². The van der Waals surface area contributed by atoms with Gasteiger partial charge in [-0.25, -0.2) is 4.39 Å². The average Bonchev–Trinajstić information content (AvgIpc) is 2.89. The largest absolute Gasteiger partial charge is 0.365 e. The van der Waals surface area contributed by atoms with Gasteiger partial charge >= 0.3 is 0 Å². The number of anilines is 1. The van der Waals surface area contributed by atoms with Gasteiger partial charge in [-0.15, -0.1) is 24.8 Å². The maximum Gasteiger partial charge on any atom is 0.123 e. The van der Waals surface area contributed by atoms with Gasteiger partial charge in [-0.2, -0.15) is 0 Å². The number of fused-ring (bicyclic) bond motifs is 2. The Morgan fingerprint density at radius 3 is 2.52 bits per heavy atom. The predicted octanol–water partition coefficient (Wildman–Crippen LogP) is 3.63. The molecule has 3 heterocycles. The van der Waals surface area contributed by atoms with Gasteiger partial charge in [0.15, 0.2) is 0 Å². The smallest absolute Gasteiger partial charge is 0.123 e. The molecule has 2 unspecified atom stereocenters. The molecule has 0 amide bonds. The summed E-state index contributed by atoms with van der Waals surface area (Å²) in [4.78, 5) is 9.39. The van der Waals surface area contributed by atoms with E-state index in [9.17, 15) is 4.39 Å². The number of pyridine rings is 1. The van der Waals surface area contributed by atoms with E-state index in [0.717, 1.165) is 24.2 Å². The molecule has 2 aliphatic rings.